The van der Waals surface area contributed by atoms with Crippen molar-refractivity contribution in [1.82, 2.24) is 10.2 Å². The number of anilines is 1. The molecule has 7 heteroatoms. The van der Waals surface area contributed by atoms with E-state index in [0.717, 1.165) is 19.2 Å². The summed E-state index contributed by atoms with van der Waals surface area (Å²) in [6.45, 7) is 0.586. The molecular formula is C14H14FN3O3. The Labute approximate surface area is 120 Å². The Balaban J connectivity index is 1.72. The van der Waals surface area contributed by atoms with Gasteiger partial charge in [0.1, 0.15) is 11.9 Å². The van der Waals surface area contributed by atoms with Crippen molar-refractivity contribution >= 4 is 11.6 Å². The van der Waals surface area contributed by atoms with E-state index in [4.69, 9.17) is 9.15 Å². The molecule has 0 radical (unpaired) electrons. The highest BCUT2D eigenvalue weighted by Gasteiger charge is 2.22. The van der Waals surface area contributed by atoms with Crippen molar-refractivity contribution in [3.05, 3.63) is 30.4 Å². The molecule has 1 amide bonds. The number of rotatable bonds is 3. The van der Waals surface area contributed by atoms with Gasteiger partial charge in [0.15, 0.2) is 0 Å². The molecule has 2 heterocycles. The van der Waals surface area contributed by atoms with Gasteiger partial charge in [0.2, 0.25) is 12.3 Å². The first-order valence-electron chi connectivity index (χ1n) is 6.72. The van der Waals surface area contributed by atoms with Gasteiger partial charge < -0.3 is 14.5 Å². The van der Waals surface area contributed by atoms with E-state index >= 15 is 0 Å². The first-order valence-corrected chi connectivity index (χ1v) is 6.72. The van der Waals surface area contributed by atoms with Crippen LogP contribution in [-0.4, -0.2) is 28.8 Å². The number of halogens is 1. The molecular weight excluding hydrogens is 277 g/mol. The normalized spacial score (nSPS) is 18.4. The van der Waals surface area contributed by atoms with Gasteiger partial charge in [-0.1, -0.05) is 0 Å². The number of hydrogen-bond acceptors (Lipinski definition) is 5. The van der Waals surface area contributed by atoms with E-state index in [1.165, 1.54) is 12.1 Å². The Bertz CT molecular complexity index is 624. The number of carbonyl (C=O) groups excluding carboxylic acids is 1. The molecule has 1 aliphatic heterocycles. The van der Waals surface area contributed by atoms with Gasteiger partial charge in [-0.25, -0.2) is 4.39 Å². The molecule has 3 rings (SSSR count). The van der Waals surface area contributed by atoms with Crippen molar-refractivity contribution in [2.75, 3.05) is 11.9 Å². The Morgan fingerprint density at radius 2 is 2.29 bits per heavy atom. The van der Waals surface area contributed by atoms with Crippen molar-refractivity contribution in [2.45, 2.75) is 25.4 Å². The van der Waals surface area contributed by atoms with Gasteiger partial charge >= 0.3 is 0 Å². The van der Waals surface area contributed by atoms with Crippen LogP contribution in [0.15, 0.2) is 29.0 Å². The smallest absolute Gasteiger partial charge is 0.253 e. The minimum Gasteiger partial charge on any atom is -0.423 e. The molecule has 1 saturated heterocycles. The van der Waals surface area contributed by atoms with Crippen LogP contribution in [0.5, 0.6) is 0 Å². The van der Waals surface area contributed by atoms with Gasteiger partial charge in [-0.15, -0.1) is 10.2 Å². The van der Waals surface area contributed by atoms with Crippen LogP contribution in [-0.2, 0) is 9.53 Å². The highest BCUT2D eigenvalue weighted by atomic mass is 19.1. The lowest BCUT2D eigenvalue weighted by molar-refractivity contribution is -0.129. The molecule has 2 aromatic rings. The first kappa shape index (κ1) is 13.7. The van der Waals surface area contributed by atoms with E-state index in [1.807, 2.05) is 0 Å². The van der Waals surface area contributed by atoms with Crippen molar-refractivity contribution in [1.29, 1.82) is 0 Å². The molecule has 21 heavy (non-hydrogen) atoms. The van der Waals surface area contributed by atoms with Crippen LogP contribution in [0.2, 0.25) is 0 Å². The molecule has 0 spiro atoms. The molecule has 1 N–H and O–H groups in total. The number of carbonyl (C=O) groups is 1. The Kier molecular flexibility index (Phi) is 3.92. The fourth-order valence-corrected chi connectivity index (χ4v) is 2.23. The second kappa shape index (κ2) is 6.01. The van der Waals surface area contributed by atoms with Gasteiger partial charge in [0.25, 0.3) is 5.91 Å². The fourth-order valence-electron chi connectivity index (χ4n) is 2.23. The van der Waals surface area contributed by atoms with Gasteiger partial charge in [0, 0.05) is 12.3 Å². The standard InChI is InChI=1S/C14H14FN3O3/c15-11-7-9(4-5-10(11)14-18-16-8-21-14)17-13(19)12-3-1-2-6-20-12/h4-5,7-8,12H,1-3,6H2,(H,17,19). The van der Waals surface area contributed by atoms with E-state index in [9.17, 15) is 9.18 Å². The highest BCUT2D eigenvalue weighted by molar-refractivity contribution is 5.94. The van der Waals surface area contributed by atoms with E-state index in [0.29, 0.717) is 18.7 Å². The van der Waals surface area contributed by atoms with Gasteiger partial charge in [0.05, 0.1) is 5.56 Å². The molecule has 6 nitrogen and oxygen atoms in total. The van der Waals surface area contributed by atoms with Crippen LogP contribution in [0.1, 0.15) is 19.3 Å². The molecule has 1 aromatic carbocycles. The van der Waals surface area contributed by atoms with E-state index in [1.54, 1.807) is 6.07 Å². The minimum atomic E-state index is -0.540. The molecule has 110 valence electrons. The van der Waals surface area contributed by atoms with Crippen molar-refractivity contribution in [2.24, 2.45) is 0 Å². The zero-order valence-corrected chi connectivity index (χ0v) is 11.2. The van der Waals surface area contributed by atoms with Crippen LogP contribution in [0.4, 0.5) is 10.1 Å². The monoisotopic (exact) mass is 291 g/mol. The number of ether oxygens (including phenoxy) is 1. The lowest BCUT2D eigenvalue weighted by atomic mass is 10.1. The zero-order valence-electron chi connectivity index (χ0n) is 11.2. The van der Waals surface area contributed by atoms with Crippen LogP contribution < -0.4 is 5.32 Å². The minimum absolute atomic E-state index is 0.0981. The largest absolute Gasteiger partial charge is 0.423 e. The maximum atomic E-state index is 14.0. The average molecular weight is 291 g/mol. The molecule has 1 atom stereocenters. The van der Waals surface area contributed by atoms with Crippen molar-refractivity contribution in [3.63, 3.8) is 0 Å². The molecule has 1 aromatic heterocycles. The number of benzene rings is 1. The van der Waals surface area contributed by atoms with Crippen LogP contribution in [0.25, 0.3) is 11.5 Å². The summed E-state index contributed by atoms with van der Waals surface area (Å²) >= 11 is 0. The van der Waals surface area contributed by atoms with E-state index in [-0.39, 0.29) is 17.4 Å². The number of amides is 1. The SMILES string of the molecule is O=C(Nc1ccc(-c2nnco2)c(F)c1)C1CCCCO1. The van der Waals surface area contributed by atoms with Gasteiger partial charge in [-0.2, -0.15) is 0 Å². The fraction of sp³-hybridized carbons (Fsp3) is 0.357. The van der Waals surface area contributed by atoms with Crippen molar-refractivity contribution in [3.8, 4) is 11.5 Å². The van der Waals surface area contributed by atoms with Crippen LogP contribution in [0, 0.1) is 5.82 Å². The molecule has 0 aliphatic carbocycles. The molecule has 1 fully saturated rings. The van der Waals surface area contributed by atoms with Gasteiger partial charge in [-0.05, 0) is 37.5 Å². The van der Waals surface area contributed by atoms with E-state index < -0.39 is 11.9 Å². The second-order valence-electron chi connectivity index (χ2n) is 4.78. The zero-order chi connectivity index (χ0) is 14.7. The Morgan fingerprint density at radius 1 is 1.38 bits per heavy atom. The number of nitrogens with one attached hydrogen (secondary N) is 1. The predicted molar refractivity (Wildman–Crippen MR) is 71.9 cm³/mol. The summed E-state index contributed by atoms with van der Waals surface area (Å²) in [7, 11) is 0. The van der Waals surface area contributed by atoms with E-state index in [2.05, 4.69) is 15.5 Å². The average Bonchev–Trinajstić information content (AvgIpc) is 3.02. The molecule has 0 saturated carbocycles. The number of nitrogens with zero attached hydrogens (tertiary/aromatic N) is 2. The quantitative estimate of drug-likeness (QED) is 0.939. The summed E-state index contributed by atoms with van der Waals surface area (Å²) in [5.41, 5.74) is 0.564. The molecule has 0 bridgehead atoms. The Morgan fingerprint density at radius 3 is 2.95 bits per heavy atom. The highest BCUT2D eigenvalue weighted by Crippen LogP contribution is 2.24. The Hall–Kier alpha value is -2.28. The summed E-state index contributed by atoms with van der Waals surface area (Å²) in [6, 6.07) is 4.30. The summed E-state index contributed by atoms with van der Waals surface area (Å²) in [5, 5.41) is 9.80. The summed E-state index contributed by atoms with van der Waals surface area (Å²) < 4.78 is 24.3. The maximum absolute atomic E-state index is 14.0. The summed E-state index contributed by atoms with van der Waals surface area (Å²) in [5.74, 6) is -0.692. The maximum Gasteiger partial charge on any atom is 0.253 e. The lowest BCUT2D eigenvalue weighted by Crippen LogP contribution is -2.33. The van der Waals surface area contributed by atoms with Crippen LogP contribution in [0.3, 0.4) is 0 Å². The topological polar surface area (TPSA) is 77.3 Å². The lowest BCUT2D eigenvalue weighted by Gasteiger charge is -2.21. The first-order chi connectivity index (χ1) is 10.2. The summed E-state index contributed by atoms with van der Waals surface area (Å²) in [6.07, 6.45) is 3.29. The van der Waals surface area contributed by atoms with Crippen LogP contribution >= 0.6 is 0 Å². The molecule has 1 unspecified atom stereocenters. The summed E-state index contributed by atoms with van der Waals surface area (Å²) in [4.78, 5) is 12.0. The van der Waals surface area contributed by atoms with Gasteiger partial charge in [-0.3, -0.25) is 4.79 Å². The third-order valence-corrected chi connectivity index (χ3v) is 3.30. The third kappa shape index (κ3) is 3.08. The second-order valence-corrected chi connectivity index (χ2v) is 4.78. The number of hydrogen-bond donors (Lipinski definition) is 1. The number of aromatic nitrogens is 2. The predicted octanol–water partition coefficient (Wildman–Crippen LogP) is 2.38. The third-order valence-electron chi connectivity index (χ3n) is 3.30. The molecule has 1 aliphatic rings. The van der Waals surface area contributed by atoms with Crippen molar-refractivity contribution < 1.29 is 18.3 Å².